The van der Waals surface area contributed by atoms with E-state index in [1.54, 1.807) is 0 Å². The Kier molecular flexibility index (Phi) is 5.55. The fraction of sp³-hybridized carbons (Fsp3) is 0.391. The van der Waals surface area contributed by atoms with Crippen LogP contribution in [-0.2, 0) is 0 Å². The van der Waals surface area contributed by atoms with E-state index in [9.17, 15) is 0 Å². The summed E-state index contributed by atoms with van der Waals surface area (Å²) in [5, 5.41) is 2.49. The van der Waals surface area contributed by atoms with E-state index in [-0.39, 0.29) is 0 Å². The number of fused-ring (bicyclic) bond motifs is 1. The molecule has 0 saturated carbocycles. The van der Waals surface area contributed by atoms with Crippen LogP contribution in [0.4, 0.5) is 5.95 Å². The second-order valence-electron chi connectivity index (χ2n) is 7.98. The maximum absolute atomic E-state index is 4.89. The molecule has 1 atom stereocenters. The van der Waals surface area contributed by atoms with Gasteiger partial charge >= 0.3 is 0 Å². The number of nitrogens with zero attached hydrogens (tertiary/aromatic N) is 5. The van der Waals surface area contributed by atoms with Crippen LogP contribution in [0.5, 0.6) is 0 Å². The number of hydrogen-bond acceptors (Lipinski definition) is 5. The lowest BCUT2D eigenvalue weighted by Crippen LogP contribution is -2.38. The molecule has 4 rings (SSSR count). The summed E-state index contributed by atoms with van der Waals surface area (Å²) in [7, 11) is 6.48. The van der Waals surface area contributed by atoms with Crippen LogP contribution in [0.2, 0.25) is 0 Å². The van der Waals surface area contributed by atoms with Gasteiger partial charge in [-0.3, -0.25) is 0 Å². The Morgan fingerprint density at radius 2 is 1.82 bits per heavy atom. The van der Waals surface area contributed by atoms with Crippen molar-refractivity contribution in [2.45, 2.75) is 12.5 Å². The zero-order valence-electron chi connectivity index (χ0n) is 17.0. The van der Waals surface area contributed by atoms with Gasteiger partial charge in [0, 0.05) is 44.0 Å². The number of likely N-dealkylation sites (N-methyl/N-ethyl adjacent to an activating group) is 2. The molecule has 1 aliphatic rings. The average molecular weight is 376 g/mol. The van der Waals surface area contributed by atoms with Crippen LogP contribution < -0.4 is 4.90 Å². The van der Waals surface area contributed by atoms with Crippen molar-refractivity contribution in [1.29, 1.82) is 0 Å². The topological polar surface area (TPSA) is 35.5 Å². The Labute approximate surface area is 167 Å². The van der Waals surface area contributed by atoms with Gasteiger partial charge in [0.05, 0.1) is 5.69 Å². The van der Waals surface area contributed by atoms with E-state index >= 15 is 0 Å². The Morgan fingerprint density at radius 3 is 2.64 bits per heavy atom. The van der Waals surface area contributed by atoms with E-state index < -0.39 is 0 Å². The first-order valence-electron chi connectivity index (χ1n) is 10.0. The molecule has 0 N–H and O–H groups in total. The molecule has 0 unspecified atom stereocenters. The average Bonchev–Trinajstić information content (AvgIpc) is 3.22. The Morgan fingerprint density at radius 1 is 1.00 bits per heavy atom. The predicted octanol–water partition coefficient (Wildman–Crippen LogP) is 3.37. The van der Waals surface area contributed by atoms with Crippen LogP contribution in [0.25, 0.3) is 22.0 Å². The first-order chi connectivity index (χ1) is 13.6. The predicted molar refractivity (Wildman–Crippen MR) is 117 cm³/mol. The van der Waals surface area contributed by atoms with Gasteiger partial charge in [0.1, 0.15) is 0 Å². The molecule has 0 radical (unpaired) electrons. The molecular formula is C23H29N5. The number of hydrogen-bond donors (Lipinski definition) is 0. The van der Waals surface area contributed by atoms with Gasteiger partial charge in [-0.15, -0.1) is 0 Å². The monoisotopic (exact) mass is 375 g/mol. The minimum atomic E-state index is 0.563. The molecule has 1 aromatic heterocycles. The molecule has 0 bridgehead atoms. The minimum Gasteiger partial charge on any atom is -0.339 e. The summed E-state index contributed by atoms with van der Waals surface area (Å²) in [5.41, 5.74) is 2.13. The number of benzene rings is 2. The van der Waals surface area contributed by atoms with Crippen molar-refractivity contribution in [2.75, 3.05) is 52.2 Å². The first kappa shape index (κ1) is 18.8. The summed E-state index contributed by atoms with van der Waals surface area (Å²) in [6.45, 7) is 4.17. The summed E-state index contributed by atoms with van der Waals surface area (Å²) < 4.78 is 0. The fourth-order valence-corrected chi connectivity index (χ4v) is 3.83. The van der Waals surface area contributed by atoms with Gasteiger partial charge in [-0.1, -0.05) is 36.4 Å². The molecule has 146 valence electrons. The molecule has 2 aromatic carbocycles. The van der Waals surface area contributed by atoms with Crippen molar-refractivity contribution in [3.8, 4) is 11.3 Å². The van der Waals surface area contributed by atoms with Gasteiger partial charge in [-0.25, -0.2) is 9.97 Å². The van der Waals surface area contributed by atoms with Gasteiger partial charge in [-0.2, -0.15) is 0 Å². The molecule has 5 heteroatoms. The second kappa shape index (κ2) is 8.25. The van der Waals surface area contributed by atoms with E-state index in [1.165, 1.54) is 10.8 Å². The molecule has 0 amide bonds. The van der Waals surface area contributed by atoms with Gasteiger partial charge in [-0.05, 0) is 50.5 Å². The summed E-state index contributed by atoms with van der Waals surface area (Å²) in [6, 6.07) is 17.5. The minimum absolute atomic E-state index is 0.563. The number of rotatable bonds is 6. The van der Waals surface area contributed by atoms with Gasteiger partial charge < -0.3 is 14.7 Å². The molecule has 1 fully saturated rings. The highest BCUT2D eigenvalue weighted by molar-refractivity contribution is 5.86. The van der Waals surface area contributed by atoms with Crippen LogP contribution >= 0.6 is 0 Å². The Hall–Kier alpha value is -2.50. The first-order valence-corrected chi connectivity index (χ1v) is 10.0. The highest BCUT2D eigenvalue weighted by Crippen LogP contribution is 2.25. The molecule has 1 aliphatic heterocycles. The largest absolute Gasteiger partial charge is 0.339 e. The quantitative estimate of drug-likeness (QED) is 0.660. The molecule has 5 nitrogen and oxygen atoms in total. The lowest BCUT2D eigenvalue weighted by atomic mass is 10.1. The van der Waals surface area contributed by atoms with Crippen molar-refractivity contribution in [3.63, 3.8) is 0 Å². The molecule has 28 heavy (non-hydrogen) atoms. The molecule has 3 aromatic rings. The molecule has 1 saturated heterocycles. The van der Waals surface area contributed by atoms with E-state index in [0.717, 1.165) is 49.8 Å². The summed E-state index contributed by atoms with van der Waals surface area (Å²) in [6.07, 6.45) is 3.05. The van der Waals surface area contributed by atoms with Crippen LogP contribution in [0.15, 0.2) is 54.7 Å². The van der Waals surface area contributed by atoms with E-state index in [2.05, 4.69) is 83.3 Å². The fourth-order valence-electron chi connectivity index (χ4n) is 3.83. The normalized spacial score (nSPS) is 17.2. The van der Waals surface area contributed by atoms with Crippen molar-refractivity contribution < 1.29 is 0 Å². The maximum Gasteiger partial charge on any atom is 0.225 e. The molecule has 2 heterocycles. The summed E-state index contributed by atoms with van der Waals surface area (Å²) >= 11 is 0. The van der Waals surface area contributed by atoms with E-state index in [1.807, 2.05) is 12.3 Å². The SMILES string of the molecule is CN(C)CCN(C)[C@H]1CCN(c2nccc(-c3ccc4ccccc4c3)n2)C1. The third-order valence-corrected chi connectivity index (χ3v) is 5.66. The van der Waals surface area contributed by atoms with Crippen LogP contribution in [0.3, 0.4) is 0 Å². The highest BCUT2D eigenvalue weighted by atomic mass is 15.3. The third-order valence-electron chi connectivity index (χ3n) is 5.66. The zero-order valence-corrected chi connectivity index (χ0v) is 17.0. The van der Waals surface area contributed by atoms with E-state index in [4.69, 9.17) is 4.98 Å². The highest BCUT2D eigenvalue weighted by Gasteiger charge is 2.27. The molecular weight excluding hydrogens is 346 g/mol. The van der Waals surface area contributed by atoms with Crippen molar-refractivity contribution in [2.24, 2.45) is 0 Å². The maximum atomic E-state index is 4.89. The second-order valence-corrected chi connectivity index (χ2v) is 7.98. The lowest BCUT2D eigenvalue weighted by molar-refractivity contribution is 0.229. The van der Waals surface area contributed by atoms with Crippen molar-refractivity contribution >= 4 is 16.7 Å². The third kappa shape index (κ3) is 4.16. The Balaban J connectivity index is 1.49. The smallest absolute Gasteiger partial charge is 0.225 e. The zero-order chi connectivity index (χ0) is 19.5. The summed E-state index contributed by atoms with van der Waals surface area (Å²) in [5.74, 6) is 0.842. The van der Waals surface area contributed by atoms with Crippen LogP contribution in [0.1, 0.15) is 6.42 Å². The van der Waals surface area contributed by atoms with E-state index in [0.29, 0.717) is 6.04 Å². The van der Waals surface area contributed by atoms with Crippen LogP contribution in [-0.4, -0.2) is 73.1 Å². The summed E-state index contributed by atoms with van der Waals surface area (Å²) in [4.78, 5) is 16.5. The van der Waals surface area contributed by atoms with Gasteiger partial charge in [0.2, 0.25) is 5.95 Å². The van der Waals surface area contributed by atoms with Gasteiger partial charge in [0.25, 0.3) is 0 Å². The van der Waals surface area contributed by atoms with Crippen molar-refractivity contribution in [3.05, 3.63) is 54.7 Å². The lowest BCUT2D eigenvalue weighted by Gasteiger charge is -2.26. The van der Waals surface area contributed by atoms with Crippen molar-refractivity contribution in [1.82, 2.24) is 19.8 Å². The molecule has 0 spiro atoms. The standard InChI is InChI=1S/C23H29N5/c1-26(2)14-15-27(3)21-11-13-28(17-21)23-24-12-10-22(25-23)20-9-8-18-6-4-5-7-19(18)16-20/h4-10,12,16,21H,11,13-15,17H2,1-3H3/t21-/m0/s1. The number of anilines is 1. The molecule has 0 aliphatic carbocycles. The number of aromatic nitrogens is 2. The Bertz CT molecular complexity index is 939. The van der Waals surface area contributed by atoms with Crippen LogP contribution in [0, 0.1) is 0 Å². The van der Waals surface area contributed by atoms with Gasteiger partial charge in [0.15, 0.2) is 0 Å².